The molecular formula is C19H23O4+. The lowest BCUT2D eigenvalue weighted by atomic mass is 9.93. The Morgan fingerprint density at radius 1 is 1.17 bits per heavy atom. The Balaban J connectivity index is 2.18. The summed E-state index contributed by atoms with van der Waals surface area (Å²) in [6.07, 6.45) is 2.46. The van der Waals surface area contributed by atoms with Crippen molar-refractivity contribution in [1.29, 1.82) is 0 Å². The van der Waals surface area contributed by atoms with Crippen LogP contribution in [0.1, 0.15) is 31.7 Å². The molecule has 0 amide bonds. The van der Waals surface area contributed by atoms with Crippen molar-refractivity contribution in [2.75, 3.05) is 13.7 Å². The van der Waals surface area contributed by atoms with Gasteiger partial charge in [0.05, 0.1) is 27.1 Å². The van der Waals surface area contributed by atoms with Crippen LogP contribution in [0.5, 0.6) is 5.75 Å². The van der Waals surface area contributed by atoms with Gasteiger partial charge in [-0.1, -0.05) is 18.2 Å². The number of hydrogen-bond donors (Lipinski definition) is 1. The van der Waals surface area contributed by atoms with Gasteiger partial charge in [0.1, 0.15) is 5.75 Å². The van der Waals surface area contributed by atoms with Crippen LogP contribution in [-0.4, -0.2) is 24.8 Å². The minimum Gasteiger partial charge on any atom is -0.497 e. The minimum absolute atomic E-state index is 0.301. The molecule has 2 aromatic rings. The van der Waals surface area contributed by atoms with Crippen molar-refractivity contribution >= 4 is 16.7 Å². The molecular weight excluding hydrogens is 292 g/mol. The molecule has 1 N–H and O–H groups in total. The van der Waals surface area contributed by atoms with Crippen molar-refractivity contribution in [3.8, 4) is 5.75 Å². The van der Waals surface area contributed by atoms with Gasteiger partial charge in [0, 0.05) is 0 Å². The maximum atomic E-state index is 12.2. The number of aliphatic hydroxyl groups is 1. The molecule has 4 heteroatoms. The van der Waals surface area contributed by atoms with Crippen molar-refractivity contribution in [3.63, 3.8) is 0 Å². The van der Waals surface area contributed by atoms with Crippen molar-refractivity contribution in [1.82, 2.24) is 0 Å². The van der Waals surface area contributed by atoms with Crippen LogP contribution in [0, 0.1) is 6.92 Å². The fraction of sp³-hybridized carbons (Fsp3) is 0.368. The summed E-state index contributed by atoms with van der Waals surface area (Å²) < 4.78 is 10.4. The predicted molar refractivity (Wildman–Crippen MR) is 90.2 cm³/mol. The number of hydrogen-bond acceptors (Lipinski definition) is 4. The lowest BCUT2D eigenvalue weighted by molar-refractivity contribution is -0.164. The highest BCUT2D eigenvalue weighted by molar-refractivity contribution is 5.87. The summed E-state index contributed by atoms with van der Waals surface area (Å²) in [6, 6.07) is 11.0. The highest BCUT2D eigenvalue weighted by atomic mass is 16.5. The third kappa shape index (κ3) is 3.96. The Labute approximate surface area is 137 Å². The second-order valence-corrected chi connectivity index (χ2v) is 5.70. The largest absolute Gasteiger partial charge is 0.497 e. The first-order chi connectivity index (χ1) is 11.0. The molecule has 0 fully saturated rings. The summed E-state index contributed by atoms with van der Waals surface area (Å²) in [5.74, 6) is 0.135. The van der Waals surface area contributed by atoms with E-state index in [9.17, 15) is 9.90 Å². The third-order valence-corrected chi connectivity index (χ3v) is 3.88. The van der Waals surface area contributed by atoms with Gasteiger partial charge in [0.2, 0.25) is 0 Å². The van der Waals surface area contributed by atoms with E-state index in [4.69, 9.17) is 9.47 Å². The molecule has 4 nitrogen and oxygen atoms in total. The van der Waals surface area contributed by atoms with Crippen LogP contribution in [0.15, 0.2) is 36.4 Å². The lowest BCUT2D eigenvalue weighted by Gasteiger charge is -2.22. The molecule has 0 aliphatic rings. The van der Waals surface area contributed by atoms with Gasteiger partial charge in [-0.05, 0) is 54.3 Å². The molecule has 23 heavy (non-hydrogen) atoms. The fourth-order valence-corrected chi connectivity index (χ4v) is 2.36. The molecule has 0 aromatic heterocycles. The van der Waals surface area contributed by atoms with Gasteiger partial charge >= 0.3 is 5.97 Å². The van der Waals surface area contributed by atoms with Crippen LogP contribution in [-0.2, 0) is 15.1 Å². The van der Waals surface area contributed by atoms with E-state index in [0.717, 1.165) is 35.8 Å². The Hall–Kier alpha value is -2.20. The lowest BCUT2D eigenvalue weighted by Crippen LogP contribution is -2.34. The van der Waals surface area contributed by atoms with Crippen molar-refractivity contribution in [2.45, 2.75) is 31.8 Å². The molecule has 1 atom stereocenters. The number of carbonyl (C=O) groups is 1. The Morgan fingerprint density at radius 3 is 2.57 bits per heavy atom. The second-order valence-electron chi connectivity index (χ2n) is 5.70. The van der Waals surface area contributed by atoms with E-state index >= 15 is 0 Å². The van der Waals surface area contributed by atoms with Gasteiger partial charge < -0.3 is 14.6 Å². The summed E-state index contributed by atoms with van der Waals surface area (Å²) in [4.78, 5) is 12.2. The van der Waals surface area contributed by atoms with Gasteiger partial charge in [0.25, 0.3) is 0 Å². The van der Waals surface area contributed by atoms with Crippen LogP contribution in [0.4, 0.5) is 0 Å². The molecule has 0 heterocycles. The first kappa shape index (κ1) is 17.2. The molecule has 2 rings (SSSR count). The first-order valence-corrected chi connectivity index (χ1v) is 7.76. The predicted octanol–water partition coefficient (Wildman–Crippen LogP) is 3.60. The zero-order valence-electron chi connectivity index (χ0n) is 13.7. The van der Waals surface area contributed by atoms with Gasteiger partial charge in [-0.25, -0.2) is 4.79 Å². The molecule has 122 valence electrons. The zero-order chi connectivity index (χ0) is 16.9. The van der Waals surface area contributed by atoms with E-state index in [0.29, 0.717) is 12.2 Å². The highest BCUT2D eigenvalue weighted by Gasteiger charge is 2.34. The van der Waals surface area contributed by atoms with Crippen molar-refractivity contribution < 1.29 is 19.4 Å². The van der Waals surface area contributed by atoms with E-state index in [1.165, 1.54) is 6.92 Å². The fourth-order valence-electron chi connectivity index (χ4n) is 2.36. The standard InChI is InChI=1S/C19H23O4/c1-4-5-6-11-23-18(20)19(2,21)16-9-7-15-13-17(22-3)10-8-14(15)12-16/h7-10,12-13,21H,1,4-6,11H2,2-3H3/q+1. The molecule has 2 aromatic carbocycles. The molecule has 1 unspecified atom stereocenters. The molecule has 0 radical (unpaired) electrons. The molecule has 0 saturated carbocycles. The number of benzene rings is 2. The van der Waals surface area contributed by atoms with Crippen molar-refractivity contribution in [2.24, 2.45) is 0 Å². The van der Waals surface area contributed by atoms with E-state index in [1.54, 1.807) is 19.2 Å². The maximum Gasteiger partial charge on any atom is 0.342 e. The third-order valence-electron chi connectivity index (χ3n) is 3.88. The molecule has 0 bridgehead atoms. The van der Waals surface area contributed by atoms with Gasteiger partial charge in [-0.3, -0.25) is 0 Å². The molecule has 0 aliphatic carbocycles. The monoisotopic (exact) mass is 315 g/mol. The second kappa shape index (κ2) is 7.38. The average Bonchev–Trinajstić information content (AvgIpc) is 2.57. The summed E-state index contributed by atoms with van der Waals surface area (Å²) in [6.45, 7) is 5.50. The zero-order valence-corrected chi connectivity index (χ0v) is 13.7. The van der Waals surface area contributed by atoms with Crippen LogP contribution >= 0.6 is 0 Å². The Morgan fingerprint density at radius 2 is 1.87 bits per heavy atom. The highest BCUT2D eigenvalue weighted by Crippen LogP contribution is 2.28. The van der Waals surface area contributed by atoms with Crippen LogP contribution < -0.4 is 4.74 Å². The van der Waals surface area contributed by atoms with Crippen LogP contribution in [0.3, 0.4) is 0 Å². The normalized spacial score (nSPS) is 13.5. The maximum absolute atomic E-state index is 12.2. The number of carbonyl (C=O) groups excluding carboxylic acids is 1. The Bertz CT molecular complexity index is 676. The summed E-state index contributed by atoms with van der Waals surface area (Å²) in [5, 5.41) is 12.5. The summed E-state index contributed by atoms with van der Waals surface area (Å²) in [5.41, 5.74) is -1.16. The van der Waals surface area contributed by atoms with Gasteiger partial charge in [-0.2, -0.15) is 0 Å². The summed E-state index contributed by atoms with van der Waals surface area (Å²) >= 11 is 0. The van der Waals surface area contributed by atoms with Crippen molar-refractivity contribution in [3.05, 3.63) is 48.9 Å². The SMILES string of the molecule is [CH2+]CCCCOC(=O)C(C)(O)c1ccc2cc(OC)ccc2c1. The van der Waals surface area contributed by atoms with Gasteiger partial charge in [0.15, 0.2) is 5.60 Å². The van der Waals surface area contributed by atoms with E-state index in [1.807, 2.05) is 24.3 Å². The molecule has 0 spiro atoms. The van der Waals surface area contributed by atoms with Gasteiger partial charge in [-0.15, -0.1) is 0 Å². The topological polar surface area (TPSA) is 55.8 Å². The number of rotatable bonds is 7. The molecule has 0 saturated heterocycles. The first-order valence-electron chi connectivity index (χ1n) is 7.76. The number of ether oxygens (including phenoxy) is 2. The quantitative estimate of drug-likeness (QED) is 0.482. The smallest absolute Gasteiger partial charge is 0.342 e. The number of methoxy groups -OCH3 is 1. The van der Waals surface area contributed by atoms with E-state index in [-0.39, 0.29) is 0 Å². The van der Waals surface area contributed by atoms with E-state index < -0.39 is 11.6 Å². The molecule has 0 aliphatic heterocycles. The number of esters is 1. The van der Waals surface area contributed by atoms with Crippen LogP contribution in [0.2, 0.25) is 0 Å². The summed E-state index contributed by atoms with van der Waals surface area (Å²) in [7, 11) is 1.62. The van der Waals surface area contributed by atoms with E-state index in [2.05, 4.69) is 6.92 Å². The number of fused-ring (bicyclic) bond motifs is 1. The number of unbranched alkanes of at least 4 members (excludes halogenated alkanes) is 2. The average molecular weight is 315 g/mol. The minimum atomic E-state index is -1.67. The van der Waals surface area contributed by atoms with Crippen LogP contribution in [0.25, 0.3) is 10.8 Å². The Kier molecular flexibility index (Phi) is 5.50.